The molecule has 2 aliphatic carbocycles. The van der Waals surface area contributed by atoms with Gasteiger partial charge < -0.3 is 29.0 Å². The van der Waals surface area contributed by atoms with Crippen molar-refractivity contribution in [2.24, 2.45) is 0 Å². The van der Waals surface area contributed by atoms with Gasteiger partial charge in [-0.05, 0) is 76.7 Å². The lowest BCUT2D eigenvalue weighted by atomic mass is 9.54. The summed E-state index contributed by atoms with van der Waals surface area (Å²) in [6, 6.07) is 12.8. The van der Waals surface area contributed by atoms with E-state index in [4.69, 9.17) is 18.9 Å². The second-order valence-electron chi connectivity index (χ2n) is 15.4. The minimum absolute atomic E-state index is 0.182. The fraction of sp³-hybridized carbons (Fsp3) is 0.600. The molecule has 0 saturated heterocycles. The van der Waals surface area contributed by atoms with Gasteiger partial charge in [0, 0.05) is 30.0 Å². The van der Waals surface area contributed by atoms with Crippen molar-refractivity contribution in [1.29, 1.82) is 0 Å². The van der Waals surface area contributed by atoms with Gasteiger partial charge in [0.05, 0.1) is 18.1 Å². The molecule has 5 rings (SSSR count). The predicted molar refractivity (Wildman–Crippen MR) is 209 cm³/mol. The van der Waals surface area contributed by atoms with Gasteiger partial charge in [-0.2, -0.15) is 0 Å². The number of aliphatic hydroxyl groups is 1. The van der Waals surface area contributed by atoms with E-state index in [9.17, 15) is 14.7 Å². The molecule has 8 nitrogen and oxygen atoms in total. The molecule has 0 saturated carbocycles. The highest BCUT2D eigenvalue weighted by molar-refractivity contribution is 5.82. The Morgan fingerprint density at radius 2 is 1.60 bits per heavy atom. The number of esters is 2. The number of ether oxygens (including phenoxy) is 4. The number of hydrogen-bond acceptors (Lipinski definition) is 8. The lowest BCUT2D eigenvalue weighted by molar-refractivity contribution is -0.169. The van der Waals surface area contributed by atoms with Crippen molar-refractivity contribution in [1.82, 2.24) is 4.90 Å². The molecule has 2 aromatic carbocycles. The molecule has 3 aliphatic rings. The average Bonchev–Trinajstić information content (AvgIpc) is 3.50. The van der Waals surface area contributed by atoms with Crippen LogP contribution in [0.3, 0.4) is 0 Å². The third-order valence-electron chi connectivity index (χ3n) is 11.9. The number of methoxy groups -OCH3 is 1. The number of unbranched alkanes of at least 4 members (excludes halogenated alkanes) is 11. The molecule has 0 bridgehead atoms. The Morgan fingerprint density at radius 3 is 2.26 bits per heavy atom. The van der Waals surface area contributed by atoms with E-state index in [1.165, 1.54) is 44.9 Å². The van der Waals surface area contributed by atoms with Crippen LogP contribution in [0.1, 0.15) is 140 Å². The number of nitrogens with zero attached hydrogens (tertiary/aromatic N) is 1. The molecule has 8 heteroatoms. The van der Waals surface area contributed by atoms with E-state index in [1.807, 2.05) is 38.2 Å². The first-order valence-corrected chi connectivity index (χ1v) is 20.3. The van der Waals surface area contributed by atoms with Crippen molar-refractivity contribution < 1.29 is 33.6 Å². The van der Waals surface area contributed by atoms with Crippen LogP contribution in [-0.2, 0) is 30.9 Å². The van der Waals surface area contributed by atoms with Gasteiger partial charge >= 0.3 is 11.9 Å². The van der Waals surface area contributed by atoms with Crippen LogP contribution < -0.4 is 9.47 Å². The van der Waals surface area contributed by atoms with Gasteiger partial charge in [-0.15, -0.1) is 0 Å². The van der Waals surface area contributed by atoms with Crippen molar-refractivity contribution in [2.75, 3.05) is 20.7 Å². The molecular weight excluding hydrogens is 666 g/mol. The summed E-state index contributed by atoms with van der Waals surface area (Å²) in [5.41, 5.74) is 0.401. The van der Waals surface area contributed by atoms with E-state index in [1.54, 1.807) is 25.3 Å². The van der Waals surface area contributed by atoms with Crippen LogP contribution in [0.4, 0.5) is 0 Å². The van der Waals surface area contributed by atoms with Crippen LogP contribution in [-0.4, -0.2) is 60.4 Å². The summed E-state index contributed by atoms with van der Waals surface area (Å²) < 4.78 is 24.3. The van der Waals surface area contributed by atoms with Gasteiger partial charge in [-0.3, -0.25) is 4.79 Å². The van der Waals surface area contributed by atoms with E-state index in [0.29, 0.717) is 35.7 Å². The molecule has 0 radical (unpaired) electrons. The Labute approximate surface area is 317 Å². The van der Waals surface area contributed by atoms with E-state index in [0.717, 1.165) is 49.8 Å². The molecule has 290 valence electrons. The van der Waals surface area contributed by atoms with Gasteiger partial charge in [-0.25, -0.2) is 4.79 Å². The minimum Gasteiger partial charge on any atom is -0.493 e. The molecule has 5 atom stereocenters. The smallest absolute Gasteiger partial charge is 0.357 e. The highest BCUT2D eigenvalue weighted by Gasteiger charge is 2.68. The Balaban J connectivity index is 1.17. The number of allylic oxidation sites excluding steroid dienone is 2. The predicted octanol–water partition coefficient (Wildman–Crippen LogP) is 9.47. The largest absolute Gasteiger partial charge is 0.493 e. The Hall–Kier alpha value is -3.62. The molecular formula is C45H63NO7. The van der Waals surface area contributed by atoms with Crippen molar-refractivity contribution in [3.8, 4) is 11.5 Å². The minimum atomic E-state index is -1.24. The molecule has 2 aromatic rings. The zero-order valence-corrected chi connectivity index (χ0v) is 32.9. The van der Waals surface area contributed by atoms with E-state index < -0.39 is 35.2 Å². The summed E-state index contributed by atoms with van der Waals surface area (Å²) in [5, 5.41) is 12.6. The SMILES string of the molecule is CCCCCCCC/C=C\CCCCCCCC(=O)O[C@H](C(=O)OC1=CC[C@@]2(O)[C@H](N(C)CC)Cc3ccc(OC)c4c3[C@@]2(C)[C@H]1O4)c1ccccc1. The fourth-order valence-corrected chi connectivity index (χ4v) is 8.63. The quantitative estimate of drug-likeness (QED) is 0.0728. The number of carbonyl (C=O) groups is 2. The van der Waals surface area contributed by atoms with Crippen molar-refractivity contribution in [2.45, 2.75) is 153 Å². The molecule has 1 aliphatic heterocycles. The van der Waals surface area contributed by atoms with Crippen LogP contribution in [0.5, 0.6) is 11.5 Å². The maximum absolute atomic E-state index is 14.0. The third kappa shape index (κ3) is 9.03. The van der Waals surface area contributed by atoms with Gasteiger partial charge in [0.1, 0.15) is 5.76 Å². The number of rotatable bonds is 22. The van der Waals surface area contributed by atoms with Crippen LogP contribution in [0.25, 0.3) is 0 Å². The maximum atomic E-state index is 14.0. The van der Waals surface area contributed by atoms with Crippen LogP contribution in [0, 0.1) is 0 Å². The van der Waals surface area contributed by atoms with Crippen LogP contribution in [0.2, 0.25) is 0 Å². The number of benzene rings is 2. The maximum Gasteiger partial charge on any atom is 0.357 e. The van der Waals surface area contributed by atoms with Gasteiger partial charge in [0.15, 0.2) is 17.6 Å². The lowest BCUT2D eigenvalue weighted by Gasteiger charge is -2.56. The summed E-state index contributed by atoms with van der Waals surface area (Å²) in [5.74, 6) is 0.327. The fourth-order valence-electron chi connectivity index (χ4n) is 8.63. The first-order valence-electron chi connectivity index (χ1n) is 20.3. The van der Waals surface area contributed by atoms with E-state index in [2.05, 4.69) is 37.0 Å². The lowest BCUT2D eigenvalue weighted by Crippen LogP contribution is -2.69. The Morgan fingerprint density at radius 1 is 0.943 bits per heavy atom. The normalized spacial score (nSPS) is 23.3. The average molecular weight is 730 g/mol. The summed E-state index contributed by atoms with van der Waals surface area (Å²) >= 11 is 0. The van der Waals surface area contributed by atoms with Gasteiger partial charge in [0.25, 0.3) is 0 Å². The molecule has 0 amide bonds. The molecule has 0 unspecified atom stereocenters. The summed E-state index contributed by atoms with van der Waals surface area (Å²) in [7, 11) is 3.63. The molecule has 0 spiro atoms. The standard InChI is InChI=1S/C45H63NO7/c1-6-8-9-10-11-12-13-14-15-16-17-18-19-20-24-27-38(47)52-40(33-25-22-21-23-26-33)43(48)51-36-30-31-45(49)37(46(4)7-2)32-34-28-29-35(50-5)41-39(34)44(45,3)42(36)53-41/h14-15,21-23,25-26,28-30,37,40,42,49H,6-13,16-20,24,27,31-32H2,1-5H3/b15-14-/t37-,40+,42+,44+,45-/m1/s1. The zero-order chi connectivity index (χ0) is 37.8. The summed E-state index contributed by atoms with van der Waals surface area (Å²) in [4.78, 5) is 29.3. The highest BCUT2D eigenvalue weighted by atomic mass is 16.6. The van der Waals surface area contributed by atoms with Crippen molar-refractivity contribution in [3.05, 3.63) is 83.1 Å². The second-order valence-corrected chi connectivity index (χ2v) is 15.4. The molecule has 0 fully saturated rings. The van der Waals surface area contributed by atoms with E-state index >= 15 is 0 Å². The first kappa shape index (κ1) is 40.6. The Bertz CT molecular complexity index is 1570. The molecule has 0 aromatic heterocycles. The Kier molecular flexibility index (Phi) is 14.6. The number of likely N-dealkylation sites (N-methyl/N-ethyl adjacent to an activating group) is 1. The van der Waals surface area contributed by atoms with Gasteiger partial charge in [0.2, 0.25) is 6.10 Å². The van der Waals surface area contributed by atoms with Crippen LogP contribution in [0.15, 0.2) is 66.5 Å². The summed E-state index contributed by atoms with van der Waals surface area (Å²) in [6.45, 7) is 7.11. The third-order valence-corrected chi connectivity index (χ3v) is 11.9. The molecule has 53 heavy (non-hydrogen) atoms. The van der Waals surface area contributed by atoms with E-state index in [-0.39, 0.29) is 18.9 Å². The topological polar surface area (TPSA) is 94.5 Å². The number of carbonyl (C=O) groups excluding carboxylic acids is 2. The summed E-state index contributed by atoms with van der Waals surface area (Å²) in [6.07, 6.45) is 20.8. The monoisotopic (exact) mass is 729 g/mol. The van der Waals surface area contributed by atoms with Crippen molar-refractivity contribution >= 4 is 11.9 Å². The second kappa shape index (κ2) is 19.1. The molecule has 1 heterocycles. The van der Waals surface area contributed by atoms with Gasteiger partial charge in [-0.1, -0.05) is 114 Å². The molecule has 1 N–H and O–H groups in total. The number of hydrogen-bond donors (Lipinski definition) is 1. The van der Waals surface area contributed by atoms with Crippen molar-refractivity contribution in [3.63, 3.8) is 0 Å². The first-order chi connectivity index (χ1) is 25.7. The van der Waals surface area contributed by atoms with Crippen LogP contribution >= 0.6 is 0 Å². The zero-order valence-electron chi connectivity index (χ0n) is 32.9. The highest BCUT2D eigenvalue weighted by Crippen LogP contribution is 2.62.